The number of benzene rings is 1. The standard InChI is InChI=1S/C8H11NO7S3.Na/c1-17(10,11)8-5-6(19(14,15)16)3-4-7(8)9-18(2,12)13;/h3-5,9H,1-2H3,(H,14,15,16);/q;+1/p-1. The van der Waals surface area contributed by atoms with Crippen molar-refractivity contribution in [1.82, 2.24) is 0 Å². The van der Waals surface area contributed by atoms with E-state index in [-0.39, 0.29) is 35.2 Å². The van der Waals surface area contributed by atoms with Gasteiger partial charge in [-0.1, -0.05) is 0 Å². The summed E-state index contributed by atoms with van der Waals surface area (Å²) < 4.78 is 79.5. The van der Waals surface area contributed by atoms with Gasteiger partial charge in [-0.05, 0) is 18.2 Å². The topological polar surface area (TPSA) is 138 Å². The summed E-state index contributed by atoms with van der Waals surface area (Å²) in [6, 6.07) is 2.35. The van der Waals surface area contributed by atoms with Gasteiger partial charge in [-0.25, -0.2) is 25.3 Å². The Balaban J connectivity index is 0.00000361. The van der Waals surface area contributed by atoms with Gasteiger partial charge < -0.3 is 4.55 Å². The first-order chi connectivity index (χ1) is 8.31. The largest absolute Gasteiger partial charge is 1.00 e. The molecule has 1 aromatic carbocycles. The van der Waals surface area contributed by atoms with Crippen LogP contribution in [0.1, 0.15) is 0 Å². The predicted molar refractivity (Wildman–Crippen MR) is 66.0 cm³/mol. The summed E-state index contributed by atoms with van der Waals surface area (Å²) in [5.74, 6) is 0. The van der Waals surface area contributed by atoms with Crippen molar-refractivity contribution in [2.24, 2.45) is 0 Å². The fourth-order valence-electron chi connectivity index (χ4n) is 1.25. The summed E-state index contributed by atoms with van der Waals surface area (Å²) in [6.07, 6.45) is 1.56. The van der Waals surface area contributed by atoms with Crippen LogP contribution in [0.3, 0.4) is 0 Å². The van der Waals surface area contributed by atoms with Crippen LogP contribution < -0.4 is 34.3 Å². The molecule has 0 saturated carbocycles. The summed E-state index contributed by atoms with van der Waals surface area (Å²) in [6.45, 7) is 0. The molecule has 0 bridgehead atoms. The molecule has 20 heavy (non-hydrogen) atoms. The molecule has 1 N–H and O–H groups in total. The molecule has 8 nitrogen and oxygen atoms in total. The second-order valence-corrected chi connectivity index (χ2v) is 8.87. The maximum atomic E-state index is 11.5. The Morgan fingerprint density at radius 1 is 1.00 bits per heavy atom. The van der Waals surface area contributed by atoms with Crippen LogP contribution in [0.25, 0.3) is 0 Å². The van der Waals surface area contributed by atoms with E-state index in [1.54, 1.807) is 0 Å². The molecule has 0 unspecified atom stereocenters. The maximum Gasteiger partial charge on any atom is 1.00 e. The smallest absolute Gasteiger partial charge is 0.744 e. The van der Waals surface area contributed by atoms with Crippen LogP contribution >= 0.6 is 0 Å². The van der Waals surface area contributed by atoms with Crippen molar-refractivity contribution < 1.29 is 59.4 Å². The second-order valence-electron chi connectivity index (χ2n) is 3.76. The number of sulfonamides is 1. The Bertz CT molecular complexity index is 812. The summed E-state index contributed by atoms with van der Waals surface area (Å²) in [5.41, 5.74) is -0.322. The average Bonchev–Trinajstić information content (AvgIpc) is 2.11. The minimum atomic E-state index is -4.84. The number of sulfone groups is 1. The third kappa shape index (κ3) is 5.68. The summed E-state index contributed by atoms with van der Waals surface area (Å²) in [5, 5.41) is 0. The van der Waals surface area contributed by atoms with E-state index in [0.717, 1.165) is 24.6 Å². The van der Waals surface area contributed by atoms with Gasteiger partial charge in [0, 0.05) is 6.26 Å². The zero-order chi connectivity index (χ0) is 15.1. The summed E-state index contributed by atoms with van der Waals surface area (Å²) in [4.78, 5) is -1.35. The van der Waals surface area contributed by atoms with Gasteiger partial charge in [-0.2, -0.15) is 0 Å². The molecular weight excluding hydrogens is 341 g/mol. The molecule has 0 amide bonds. The van der Waals surface area contributed by atoms with Crippen molar-refractivity contribution >= 4 is 35.7 Å². The quantitative estimate of drug-likeness (QED) is 0.436. The fraction of sp³-hybridized carbons (Fsp3) is 0.250. The van der Waals surface area contributed by atoms with Crippen molar-refractivity contribution in [2.75, 3.05) is 17.2 Å². The van der Waals surface area contributed by atoms with Gasteiger partial charge >= 0.3 is 29.6 Å². The Kier molecular flexibility index (Phi) is 6.24. The van der Waals surface area contributed by atoms with Crippen molar-refractivity contribution in [3.05, 3.63) is 18.2 Å². The number of hydrogen-bond acceptors (Lipinski definition) is 7. The van der Waals surface area contributed by atoms with Crippen molar-refractivity contribution in [1.29, 1.82) is 0 Å². The fourth-order valence-corrected chi connectivity index (χ4v) is 3.32. The molecule has 0 radical (unpaired) electrons. The number of anilines is 1. The second kappa shape index (κ2) is 6.30. The number of rotatable bonds is 4. The van der Waals surface area contributed by atoms with Crippen LogP contribution in [0.4, 0.5) is 5.69 Å². The van der Waals surface area contributed by atoms with E-state index in [1.807, 2.05) is 4.72 Å². The molecule has 0 aliphatic heterocycles. The van der Waals surface area contributed by atoms with Crippen LogP contribution in [-0.4, -0.2) is 42.3 Å². The van der Waals surface area contributed by atoms with Crippen molar-refractivity contribution in [2.45, 2.75) is 9.79 Å². The van der Waals surface area contributed by atoms with Gasteiger partial charge in [0.25, 0.3) is 0 Å². The van der Waals surface area contributed by atoms with Gasteiger partial charge in [0.15, 0.2) is 9.84 Å². The monoisotopic (exact) mass is 351 g/mol. The van der Waals surface area contributed by atoms with E-state index in [2.05, 4.69) is 0 Å². The van der Waals surface area contributed by atoms with Gasteiger partial charge in [-0.15, -0.1) is 0 Å². The Morgan fingerprint density at radius 2 is 1.50 bits per heavy atom. The molecular formula is C8H10NNaO7S3. The van der Waals surface area contributed by atoms with Gasteiger partial charge in [-0.3, -0.25) is 4.72 Å². The van der Waals surface area contributed by atoms with E-state index in [4.69, 9.17) is 0 Å². The first-order valence-electron chi connectivity index (χ1n) is 4.58. The molecule has 0 heterocycles. The number of hydrogen-bond donors (Lipinski definition) is 1. The van der Waals surface area contributed by atoms with Gasteiger partial charge in [0.1, 0.15) is 10.1 Å². The molecule has 0 atom stereocenters. The van der Waals surface area contributed by atoms with E-state index < -0.39 is 39.8 Å². The van der Waals surface area contributed by atoms with E-state index in [9.17, 15) is 29.8 Å². The Morgan fingerprint density at radius 3 is 1.85 bits per heavy atom. The van der Waals surface area contributed by atoms with Crippen molar-refractivity contribution in [3.8, 4) is 0 Å². The first-order valence-corrected chi connectivity index (χ1v) is 9.77. The van der Waals surface area contributed by atoms with E-state index >= 15 is 0 Å². The minimum Gasteiger partial charge on any atom is -0.744 e. The molecule has 0 aliphatic carbocycles. The molecule has 0 saturated heterocycles. The summed E-state index contributed by atoms with van der Waals surface area (Å²) in [7, 11) is -12.5. The van der Waals surface area contributed by atoms with Crippen LogP contribution in [-0.2, 0) is 30.0 Å². The van der Waals surface area contributed by atoms with E-state index in [1.165, 1.54) is 0 Å². The molecule has 12 heteroatoms. The average molecular weight is 351 g/mol. The van der Waals surface area contributed by atoms with Crippen LogP contribution in [0.5, 0.6) is 0 Å². The maximum absolute atomic E-state index is 11.5. The third-order valence-electron chi connectivity index (χ3n) is 1.94. The Hall–Kier alpha value is -0.170. The summed E-state index contributed by atoms with van der Waals surface area (Å²) >= 11 is 0. The molecule has 0 spiro atoms. The van der Waals surface area contributed by atoms with Gasteiger partial charge in [0.2, 0.25) is 10.0 Å². The number of nitrogens with one attached hydrogen (secondary N) is 1. The zero-order valence-electron chi connectivity index (χ0n) is 10.8. The SMILES string of the molecule is CS(=O)(=O)Nc1ccc(S(=O)(=O)[O-])cc1S(C)(=O)=O.[Na+]. The Labute approximate surface area is 139 Å². The van der Waals surface area contributed by atoms with Gasteiger partial charge in [0.05, 0.1) is 21.7 Å². The molecule has 0 fully saturated rings. The normalized spacial score (nSPS) is 12.6. The van der Waals surface area contributed by atoms with Crippen LogP contribution in [0, 0.1) is 0 Å². The van der Waals surface area contributed by atoms with Crippen LogP contribution in [0.15, 0.2) is 28.0 Å². The van der Waals surface area contributed by atoms with Crippen molar-refractivity contribution in [3.63, 3.8) is 0 Å². The van der Waals surface area contributed by atoms with E-state index in [0.29, 0.717) is 6.07 Å². The molecule has 1 rings (SSSR count). The zero-order valence-corrected chi connectivity index (χ0v) is 15.3. The predicted octanol–water partition coefficient (Wildman–Crippen LogP) is -3.63. The first kappa shape index (κ1) is 19.8. The third-order valence-corrected chi connectivity index (χ3v) is 4.50. The molecule has 108 valence electrons. The molecule has 0 aromatic heterocycles. The molecule has 1 aromatic rings. The minimum absolute atomic E-state index is 0. The molecule has 0 aliphatic rings. The van der Waals surface area contributed by atoms with Crippen LogP contribution in [0.2, 0.25) is 0 Å².